The maximum Gasteiger partial charge on any atom is 0.265 e. The summed E-state index contributed by atoms with van der Waals surface area (Å²) in [4.78, 5) is 77.4. The predicted molar refractivity (Wildman–Crippen MR) is 312 cm³/mol. The van der Waals surface area contributed by atoms with E-state index < -0.39 is 100 Å². The van der Waals surface area contributed by atoms with Crippen LogP contribution in [0.5, 0.6) is 11.6 Å². The SMILES string of the molecule is CN(C)c1ccc(O)c2c1C[C@@]1(C)C[C@H]3[C@H](N(C)C)C(=O)C(C(N)=O)=C(O)[C@@]3(O)C(=O)C1=C2O.Cc1ccc(N(C)C)c2c1C(O)=C1C(=O)[C@]3(O[Si](C)(C)C(C)(C)C)C(=O)c4c(OCc5ccccc5)noc4[C@@H](N(C)C)[C@@H]3C[C@]1(C)C2. The molecule has 1 amide bonds. The Balaban J connectivity index is 0.000000210. The number of phenols is 1. The first-order valence-corrected chi connectivity index (χ1v) is 30.5. The van der Waals surface area contributed by atoms with E-state index in [4.69, 9.17) is 19.4 Å². The van der Waals surface area contributed by atoms with Crippen molar-refractivity contribution in [2.24, 2.45) is 28.4 Å². The smallest absolute Gasteiger partial charge is 0.265 e. The van der Waals surface area contributed by atoms with Crippen LogP contribution in [0.15, 0.2) is 81.6 Å². The maximum absolute atomic E-state index is 15.6. The highest BCUT2D eigenvalue weighted by Crippen LogP contribution is 2.63. The molecule has 1 aromatic heterocycles. The van der Waals surface area contributed by atoms with Gasteiger partial charge < -0.3 is 54.8 Å². The van der Waals surface area contributed by atoms with E-state index in [0.29, 0.717) is 29.7 Å². The van der Waals surface area contributed by atoms with Gasteiger partial charge in [0.1, 0.15) is 40.8 Å². The standard InChI is InChI=1S/C38H49N3O6Si.C24H29N3O7/c1-22-17-18-26(40(6)7)24-19-37(5)20-25-30(41(8)9)32-28(35(39-46-32)45-21-23-15-13-12-14-16-23)33(43)38(25,47-48(10,11)36(2,3)4)34(44)29(37)31(42)27(22)24;1-23-8-10-12(26(2)3)6-7-13(28)14(10)18(29)16(23)21(32)24(34)11(9-23)17(27(4)5)19(30)15(20(24)31)22(25)33/h12-18,25,30,42H,19-21H2,1-11H3;6-7,11,17,28-29,31,34H,8-9H2,1-5H3,(H2,25,33)/t25-,30-,37-,38+;11-,17-,23-,24+/m00/s1. The van der Waals surface area contributed by atoms with E-state index in [1.54, 1.807) is 27.1 Å². The molecule has 2 fully saturated rings. The van der Waals surface area contributed by atoms with Gasteiger partial charge in [-0.1, -0.05) is 71.0 Å². The van der Waals surface area contributed by atoms with Crippen LogP contribution in [0.4, 0.5) is 11.4 Å². The fraction of sp³-hybridized carbons (Fsp3) is 0.484. The third kappa shape index (κ3) is 8.72. The molecule has 2 saturated carbocycles. The zero-order chi connectivity index (χ0) is 60.6. The first-order valence-electron chi connectivity index (χ1n) is 27.6. The number of anilines is 2. The Labute approximate surface area is 479 Å². The van der Waals surface area contributed by atoms with Crippen molar-refractivity contribution >= 4 is 60.3 Å². The maximum atomic E-state index is 15.6. The second-order valence-electron chi connectivity index (χ2n) is 26.2. The minimum Gasteiger partial charge on any atom is -0.508 e. The predicted octanol–water partition coefficient (Wildman–Crippen LogP) is 7.73. The molecule has 6 aliphatic carbocycles. The van der Waals surface area contributed by atoms with E-state index >= 15 is 9.59 Å². The van der Waals surface area contributed by atoms with Crippen LogP contribution < -0.4 is 20.3 Å². The Bertz CT molecular complexity index is 3480. The van der Waals surface area contributed by atoms with Crippen LogP contribution in [0.25, 0.3) is 11.5 Å². The number of fused-ring (bicyclic) bond motifs is 7. The zero-order valence-corrected chi connectivity index (χ0v) is 50.9. The Morgan fingerprint density at radius 1 is 0.732 bits per heavy atom. The molecule has 6 aliphatic rings. The molecule has 20 heteroatoms. The van der Waals surface area contributed by atoms with Crippen molar-refractivity contribution in [1.29, 1.82) is 0 Å². The molecule has 10 rings (SSSR count). The van der Waals surface area contributed by atoms with Gasteiger partial charge in [-0.15, -0.1) is 0 Å². The van der Waals surface area contributed by atoms with E-state index in [0.717, 1.165) is 28.1 Å². The molecule has 0 bridgehead atoms. The molecule has 0 spiro atoms. The summed E-state index contributed by atoms with van der Waals surface area (Å²) in [6.07, 6.45) is 1.19. The number of Topliss-reactive ketones (excluding diaryl/α,β-unsaturated/α-hetero) is 4. The molecular weight excluding hydrogens is 1060 g/mol. The van der Waals surface area contributed by atoms with E-state index in [1.165, 1.54) is 11.0 Å². The number of aromatic nitrogens is 1. The second-order valence-corrected chi connectivity index (χ2v) is 30.9. The summed E-state index contributed by atoms with van der Waals surface area (Å²) in [7, 11) is 11.8. The molecule has 0 radical (unpaired) electrons. The fourth-order valence-corrected chi connectivity index (χ4v) is 15.4. The average Bonchev–Trinajstić information content (AvgIpc) is 2.15. The number of rotatable bonds is 10. The van der Waals surface area contributed by atoms with Gasteiger partial charge in [0.15, 0.2) is 31.1 Å². The lowest BCUT2D eigenvalue weighted by molar-refractivity contribution is -0.156. The molecule has 438 valence electrons. The van der Waals surface area contributed by atoms with Gasteiger partial charge in [0.25, 0.3) is 11.8 Å². The lowest BCUT2D eigenvalue weighted by atomic mass is 9.51. The van der Waals surface area contributed by atoms with E-state index in [-0.39, 0.29) is 64.1 Å². The summed E-state index contributed by atoms with van der Waals surface area (Å²) in [5, 5.41) is 60.6. The molecular formula is C62H78N6O13Si. The Morgan fingerprint density at radius 2 is 1.26 bits per heavy atom. The molecule has 4 aromatic rings. The number of hydrogen-bond acceptors (Lipinski definition) is 18. The van der Waals surface area contributed by atoms with Gasteiger partial charge in [-0.2, -0.15) is 0 Å². The fourth-order valence-electron chi connectivity index (χ4n) is 13.9. The van der Waals surface area contributed by atoms with E-state index in [1.807, 2.05) is 107 Å². The van der Waals surface area contributed by atoms with Crippen LogP contribution in [0.3, 0.4) is 0 Å². The number of aliphatic hydroxyl groups excluding tert-OH is 3. The highest BCUT2D eigenvalue weighted by molar-refractivity contribution is 6.74. The lowest BCUT2D eigenvalue weighted by Crippen LogP contribution is -2.69. The van der Waals surface area contributed by atoms with Gasteiger partial charge in [-0.25, -0.2) is 0 Å². The summed E-state index contributed by atoms with van der Waals surface area (Å²) in [5.41, 5.74) is 4.18. The molecule has 19 nitrogen and oxygen atoms in total. The number of benzene rings is 3. The normalized spacial score (nSPS) is 27.6. The number of amides is 1. The largest absolute Gasteiger partial charge is 0.508 e. The summed E-state index contributed by atoms with van der Waals surface area (Å²) in [6.45, 7) is 16.3. The molecule has 0 aliphatic heterocycles. The quantitative estimate of drug-likeness (QED) is 0.0504. The third-order valence-corrected chi connectivity index (χ3v) is 23.2. The highest BCUT2D eigenvalue weighted by Gasteiger charge is 2.71. The summed E-state index contributed by atoms with van der Waals surface area (Å²) in [5.74, 6) is -7.27. The summed E-state index contributed by atoms with van der Waals surface area (Å²) < 4.78 is 19.4. The Kier molecular flexibility index (Phi) is 14.6. The molecule has 3 aromatic carbocycles. The van der Waals surface area contributed by atoms with Gasteiger partial charge >= 0.3 is 0 Å². The van der Waals surface area contributed by atoms with Crippen molar-refractivity contribution in [3.63, 3.8) is 0 Å². The first kappa shape index (κ1) is 59.5. The van der Waals surface area contributed by atoms with Crippen LogP contribution in [-0.2, 0) is 43.1 Å². The van der Waals surface area contributed by atoms with Crippen LogP contribution >= 0.6 is 0 Å². The molecule has 82 heavy (non-hydrogen) atoms. The summed E-state index contributed by atoms with van der Waals surface area (Å²) in [6, 6.07) is 15.1. The van der Waals surface area contributed by atoms with E-state index in [2.05, 4.69) is 45.1 Å². The van der Waals surface area contributed by atoms with Crippen molar-refractivity contribution in [3.8, 4) is 11.6 Å². The minimum atomic E-state index is -2.82. The number of ketones is 4. The van der Waals surface area contributed by atoms with Crippen LogP contribution in [-0.4, -0.2) is 151 Å². The zero-order valence-electron chi connectivity index (χ0n) is 49.9. The average molecular weight is 1140 g/mol. The molecule has 7 N–H and O–H groups in total. The van der Waals surface area contributed by atoms with Crippen LogP contribution in [0, 0.1) is 29.6 Å². The number of hydrogen-bond donors (Lipinski definition) is 6. The summed E-state index contributed by atoms with van der Waals surface area (Å²) >= 11 is 0. The molecule has 8 atom stereocenters. The number of carbonyl (C=O) groups is 5. The van der Waals surface area contributed by atoms with Gasteiger partial charge in [-0.05, 0) is 125 Å². The number of carbonyl (C=O) groups excluding carboxylic acids is 5. The number of aromatic hydroxyl groups is 1. The Hall–Kier alpha value is -7.10. The van der Waals surface area contributed by atoms with Crippen molar-refractivity contribution in [3.05, 3.63) is 122 Å². The van der Waals surface area contributed by atoms with Gasteiger partial charge in [-0.3, -0.25) is 33.8 Å². The number of nitrogens with zero attached hydrogens (tertiary/aromatic N) is 5. The first-order chi connectivity index (χ1) is 38.0. The number of ether oxygens (including phenoxy) is 1. The second kappa shape index (κ2) is 20.1. The molecule has 0 saturated heterocycles. The number of primary amides is 1. The number of aryl methyl sites for hydroxylation is 1. The highest BCUT2D eigenvalue weighted by atomic mass is 28.4. The number of aliphatic hydroxyl groups is 4. The van der Waals surface area contributed by atoms with Gasteiger partial charge in [0, 0.05) is 78.9 Å². The Morgan fingerprint density at radius 3 is 1.79 bits per heavy atom. The minimum absolute atomic E-state index is 0.0291. The van der Waals surface area contributed by atoms with Gasteiger partial charge in [0.05, 0.1) is 17.6 Å². The van der Waals surface area contributed by atoms with Crippen molar-refractivity contribution in [2.45, 2.75) is 115 Å². The van der Waals surface area contributed by atoms with Gasteiger partial charge in [0.2, 0.25) is 17.3 Å². The molecule has 1 heterocycles. The molecule has 0 unspecified atom stereocenters. The monoisotopic (exact) mass is 1140 g/mol. The number of likely N-dealkylation sites (N-methyl/N-ethyl adjacent to an activating group) is 1. The lowest BCUT2D eigenvalue weighted by Gasteiger charge is -2.57. The topological polar surface area (TPSA) is 270 Å². The van der Waals surface area contributed by atoms with E-state index in [9.17, 15) is 39.9 Å². The van der Waals surface area contributed by atoms with Crippen molar-refractivity contribution < 1.29 is 63.2 Å². The van der Waals surface area contributed by atoms with Crippen LogP contribution in [0.1, 0.15) is 103 Å². The third-order valence-electron chi connectivity index (χ3n) is 18.7. The van der Waals surface area contributed by atoms with Crippen LogP contribution in [0.2, 0.25) is 18.1 Å². The number of nitrogens with two attached hydrogens (primary N) is 1. The van der Waals surface area contributed by atoms with Crippen molar-refractivity contribution in [2.75, 3.05) is 66.2 Å². The van der Waals surface area contributed by atoms with Crippen molar-refractivity contribution in [1.82, 2.24) is 15.0 Å². The number of phenolic OH excluding ortho intramolecular Hbond substituents is 1.